The number of hydrogen-bond acceptors (Lipinski definition) is 1. The number of para-hydroxylation sites is 3. The summed E-state index contributed by atoms with van der Waals surface area (Å²) in [7, 11) is 0. The summed E-state index contributed by atoms with van der Waals surface area (Å²) in [6.45, 7) is 0. The van der Waals surface area contributed by atoms with Gasteiger partial charge in [-0.3, -0.25) is 0 Å². The molecule has 6 aliphatic rings. The summed E-state index contributed by atoms with van der Waals surface area (Å²) in [5.41, 5.74) is 18.5. The smallest absolute Gasteiger partial charge is 0.0543 e. The summed E-state index contributed by atoms with van der Waals surface area (Å²) in [5.74, 6) is 3.57. The van der Waals surface area contributed by atoms with E-state index < -0.39 is 0 Å². The fraction of sp³-hybridized carbons (Fsp3) is 0.188. The molecule has 1 heterocycles. The van der Waals surface area contributed by atoms with Crippen molar-refractivity contribution in [2.24, 2.45) is 23.7 Å². The second kappa shape index (κ2) is 14.9. The molecule has 1 aromatic heterocycles. The van der Waals surface area contributed by atoms with E-state index in [1.165, 1.54) is 110 Å². The van der Waals surface area contributed by atoms with Gasteiger partial charge < -0.3 is 9.47 Å². The van der Waals surface area contributed by atoms with Crippen molar-refractivity contribution >= 4 is 38.9 Å². The second-order valence-corrected chi connectivity index (χ2v) is 20.0. The Morgan fingerprint density at radius 3 is 1.85 bits per heavy atom. The van der Waals surface area contributed by atoms with Crippen molar-refractivity contribution in [3.05, 3.63) is 241 Å². The van der Waals surface area contributed by atoms with Gasteiger partial charge in [-0.05, 0) is 138 Å². The van der Waals surface area contributed by atoms with Crippen LogP contribution >= 0.6 is 0 Å². The minimum Gasteiger partial charge on any atom is -0.309 e. The molecule has 4 saturated carbocycles. The molecule has 66 heavy (non-hydrogen) atoms. The van der Waals surface area contributed by atoms with Gasteiger partial charge in [-0.25, -0.2) is 0 Å². The molecule has 8 aromatic carbocycles. The van der Waals surface area contributed by atoms with Crippen molar-refractivity contribution in [1.82, 2.24) is 4.57 Å². The predicted molar refractivity (Wildman–Crippen MR) is 274 cm³/mol. The number of allylic oxidation sites excluding steroid dienone is 4. The van der Waals surface area contributed by atoms with Crippen LogP contribution in [0.5, 0.6) is 0 Å². The van der Waals surface area contributed by atoms with Crippen molar-refractivity contribution in [3.63, 3.8) is 0 Å². The van der Waals surface area contributed by atoms with Crippen LogP contribution in [0.2, 0.25) is 0 Å². The largest absolute Gasteiger partial charge is 0.309 e. The number of benzene rings is 8. The number of nitrogens with zero attached hydrogens (tertiary/aromatic N) is 2. The van der Waals surface area contributed by atoms with Crippen molar-refractivity contribution < 1.29 is 0 Å². The Morgan fingerprint density at radius 1 is 0.439 bits per heavy atom. The maximum atomic E-state index is 2.65. The first-order chi connectivity index (χ1) is 32.7. The van der Waals surface area contributed by atoms with Crippen LogP contribution in [0, 0.1) is 23.7 Å². The summed E-state index contributed by atoms with van der Waals surface area (Å²) >= 11 is 0. The molecule has 0 aliphatic heterocycles. The molecule has 2 atom stereocenters. The first kappa shape index (κ1) is 38.1. The molecule has 2 heteroatoms. The second-order valence-electron chi connectivity index (χ2n) is 20.0. The molecule has 2 unspecified atom stereocenters. The molecule has 318 valence electrons. The van der Waals surface area contributed by atoms with Gasteiger partial charge in [0.15, 0.2) is 0 Å². The van der Waals surface area contributed by atoms with Crippen LogP contribution in [0.1, 0.15) is 66.2 Å². The lowest BCUT2D eigenvalue weighted by molar-refractivity contribution is -0.0399. The zero-order chi connectivity index (χ0) is 43.3. The highest BCUT2D eigenvalue weighted by Crippen LogP contribution is 2.70. The molecule has 1 spiro atoms. The third kappa shape index (κ3) is 5.54. The van der Waals surface area contributed by atoms with E-state index >= 15 is 0 Å². The van der Waals surface area contributed by atoms with E-state index in [0.29, 0.717) is 11.8 Å². The maximum Gasteiger partial charge on any atom is 0.0543 e. The van der Waals surface area contributed by atoms with E-state index in [9.17, 15) is 0 Å². The fourth-order valence-corrected chi connectivity index (χ4v) is 14.6. The van der Waals surface area contributed by atoms with Gasteiger partial charge >= 0.3 is 0 Å². The Balaban J connectivity index is 1.03. The zero-order valence-electron chi connectivity index (χ0n) is 37.2. The predicted octanol–water partition coefficient (Wildman–Crippen LogP) is 16.6. The van der Waals surface area contributed by atoms with Crippen molar-refractivity contribution in [1.29, 1.82) is 0 Å². The topological polar surface area (TPSA) is 8.17 Å². The third-order valence-corrected chi connectivity index (χ3v) is 16.8. The first-order valence-electron chi connectivity index (χ1n) is 24.4. The van der Waals surface area contributed by atoms with Gasteiger partial charge in [0.1, 0.15) is 0 Å². The average molecular weight is 849 g/mol. The summed E-state index contributed by atoms with van der Waals surface area (Å²) < 4.78 is 2.44. The van der Waals surface area contributed by atoms with Crippen LogP contribution in [0.15, 0.2) is 218 Å². The molecule has 0 amide bonds. The molecule has 9 aromatic rings. The van der Waals surface area contributed by atoms with Crippen LogP contribution < -0.4 is 4.90 Å². The number of hydrogen-bond donors (Lipinski definition) is 0. The maximum absolute atomic E-state index is 2.65. The Labute approximate surface area is 388 Å². The summed E-state index contributed by atoms with van der Waals surface area (Å²) in [6, 6.07) is 73.5. The third-order valence-electron chi connectivity index (χ3n) is 16.8. The van der Waals surface area contributed by atoms with Crippen LogP contribution in [-0.2, 0) is 5.41 Å². The van der Waals surface area contributed by atoms with Gasteiger partial charge in [-0.1, -0.05) is 170 Å². The lowest BCUT2D eigenvalue weighted by Gasteiger charge is -2.61. The van der Waals surface area contributed by atoms with Crippen LogP contribution in [-0.4, -0.2) is 4.57 Å². The minimum absolute atomic E-state index is 0.0630. The number of rotatable bonds is 7. The lowest BCUT2D eigenvalue weighted by Crippen LogP contribution is -2.55. The van der Waals surface area contributed by atoms with Gasteiger partial charge in [0.05, 0.1) is 22.4 Å². The Hall–Kier alpha value is -7.16. The van der Waals surface area contributed by atoms with E-state index in [2.05, 4.69) is 228 Å². The van der Waals surface area contributed by atoms with E-state index in [0.717, 1.165) is 11.8 Å². The molecule has 0 N–H and O–H groups in total. The molecule has 2 nitrogen and oxygen atoms in total. The van der Waals surface area contributed by atoms with Gasteiger partial charge in [0, 0.05) is 50.5 Å². The Kier molecular flexibility index (Phi) is 8.63. The lowest BCUT2D eigenvalue weighted by atomic mass is 9.43. The van der Waals surface area contributed by atoms with E-state index in [1.807, 2.05) is 0 Å². The van der Waals surface area contributed by atoms with Gasteiger partial charge in [0.25, 0.3) is 0 Å². The SMILES string of the molecule is C1=CC(c2ccccc2)C(c2ccccc2-c2ccccc2N(c2ccc3c(c2)c2ccccc2n3-c2ccccc2)c2cccc3c2-c2ccccc2C32C3CC4CC(C3)CC2C4)C=C1. The summed E-state index contributed by atoms with van der Waals surface area (Å²) in [5, 5.41) is 2.52. The number of fused-ring (bicyclic) bond motifs is 6. The zero-order valence-corrected chi connectivity index (χ0v) is 37.2. The first-order valence-corrected chi connectivity index (χ1v) is 24.4. The molecule has 4 fully saturated rings. The molecular weight excluding hydrogens is 797 g/mol. The number of anilines is 3. The summed E-state index contributed by atoms with van der Waals surface area (Å²) in [6.07, 6.45) is 16.2. The monoisotopic (exact) mass is 848 g/mol. The average Bonchev–Trinajstić information content (AvgIpc) is 3.87. The molecule has 4 bridgehead atoms. The minimum atomic E-state index is 0.0630. The molecular formula is C64H52N2. The molecule has 15 rings (SSSR count). The van der Waals surface area contributed by atoms with Gasteiger partial charge in [0.2, 0.25) is 0 Å². The van der Waals surface area contributed by atoms with Crippen LogP contribution in [0.25, 0.3) is 49.7 Å². The highest BCUT2D eigenvalue weighted by Gasteiger charge is 2.62. The van der Waals surface area contributed by atoms with Crippen LogP contribution in [0.3, 0.4) is 0 Å². The van der Waals surface area contributed by atoms with Crippen molar-refractivity contribution in [2.75, 3.05) is 4.90 Å². The molecule has 0 saturated heterocycles. The fourth-order valence-electron chi connectivity index (χ4n) is 14.6. The van der Waals surface area contributed by atoms with Gasteiger partial charge in [-0.2, -0.15) is 0 Å². The van der Waals surface area contributed by atoms with Crippen molar-refractivity contribution in [2.45, 2.75) is 49.4 Å². The molecule has 0 radical (unpaired) electrons. The van der Waals surface area contributed by atoms with Crippen LogP contribution in [0.4, 0.5) is 17.1 Å². The summed E-state index contributed by atoms with van der Waals surface area (Å²) in [4.78, 5) is 2.65. The van der Waals surface area contributed by atoms with E-state index in [4.69, 9.17) is 0 Å². The number of aromatic nitrogens is 1. The van der Waals surface area contributed by atoms with E-state index in [-0.39, 0.29) is 17.3 Å². The normalized spacial score (nSPS) is 24.3. The highest BCUT2D eigenvalue weighted by atomic mass is 15.1. The van der Waals surface area contributed by atoms with Crippen molar-refractivity contribution in [3.8, 4) is 27.9 Å². The van der Waals surface area contributed by atoms with Gasteiger partial charge in [-0.15, -0.1) is 0 Å². The standard InChI is InChI=1S/C64H52N2/c1-3-18-44(19-4-1)49-22-7-8-23-50(49)51-24-9-10-25-52(51)53-26-12-15-31-59(53)66(48-34-35-61-56(41-48)54-27-13-16-32-60(54)65(61)47-20-5-2-6-21-47)62-33-17-30-58-63(62)55-28-11-14-29-57(55)64(58)45-37-42-36-43(39-45)40-46(64)38-42/h1-35,41-43,45-46,49-50H,36-40H2. The highest BCUT2D eigenvalue weighted by molar-refractivity contribution is 6.11. The Morgan fingerprint density at radius 2 is 1.05 bits per heavy atom. The Bertz CT molecular complexity index is 3380. The molecule has 6 aliphatic carbocycles. The quantitative estimate of drug-likeness (QED) is 0.155. The van der Waals surface area contributed by atoms with E-state index in [1.54, 1.807) is 11.1 Å².